The van der Waals surface area contributed by atoms with Gasteiger partial charge in [-0.15, -0.1) is 0 Å². The first kappa shape index (κ1) is 21.8. The number of para-hydroxylation sites is 1. The van der Waals surface area contributed by atoms with Gasteiger partial charge in [-0.25, -0.2) is 0 Å². The second-order valence-electron chi connectivity index (χ2n) is 8.87. The number of carbonyl (C=O) groups excluding carboxylic acids is 1. The van der Waals surface area contributed by atoms with E-state index in [0.29, 0.717) is 50.1 Å². The summed E-state index contributed by atoms with van der Waals surface area (Å²) in [7, 11) is 0. The van der Waals surface area contributed by atoms with Gasteiger partial charge in [0.25, 0.3) is 5.91 Å². The van der Waals surface area contributed by atoms with Gasteiger partial charge in [-0.05, 0) is 62.1 Å². The Morgan fingerprint density at radius 2 is 1.87 bits per heavy atom. The second-order valence-corrected chi connectivity index (χ2v) is 8.87. The number of carbonyl (C=O) groups is 1. The molecule has 2 aromatic carbocycles. The molecule has 0 spiro atoms. The molecule has 31 heavy (non-hydrogen) atoms. The van der Waals surface area contributed by atoms with Crippen LogP contribution in [0.4, 0.5) is 0 Å². The molecule has 5 heteroatoms. The molecule has 2 saturated heterocycles. The van der Waals surface area contributed by atoms with Gasteiger partial charge in [0.2, 0.25) is 0 Å². The summed E-state index contributed by atoms with van der Waals surface area (Å²) in [5.41, 5.74) is 4.74. The van der Waals surface area contributed by atoms with Crippen molar-refractivity contribution in [2.75, 3.05) is 46.0 Å². The Labute approximate surface area is 185 Å². The fourth-order valence-electron chi connectivity index (χ4n) is 4.50. The Bertz CT molecular complexity index is 892. The summed E-state index contributed by atoms with van der Waals surface area (Å²) in [6.07, 6.45) is 2.36. The summed E-state index contributed by atoms with van der Waals surface area (Å²) in [6, 6.07) is 14.4. The molecule has 4 rings (SSSR count). The number of hydrogen-bond acceptors (Lipinski definition) is 4. The third-order valence-corrected chi connectivity index (χ3v) is 6.47. The largest absolute Gasteiger partial charge is 0.492 e. The molecule has 1 atom stereocenters. The summed E-state index contributed by atoms with van der Waals surface area (Å²) < 4.78 is 11.6. The molecule has 0 radical (unpaired) electrons. The van der Waals surface area contributed by atoms with Crippen molar-refractivity contribution >= 4 is 5.91 Å². The van der Waals surface area contributed by atoms with Gasteiger partial charge in [0.05, 0.1) is 25.4 Å². The van der Waals surface area contributed by atoms with E-state index in [1.54, 1.807) is 0 Å². The standard InChI is InChI=1S/C26H34N2O3/c1-20-9-10-22(16-21(20)2)17-27-11-5-6-23(18-27)19-31-25-8-4-3-7-24(25)26(29)28-12-14-30-15-13-28/h3-4,7-10,16,23H,5-6,11-15,17-19H2,1-2H3. The molecule has 0 bridgehead atoms. The van der Waals surface area contributed by atoms with Gasteiger partial charge in [0, 0.05) is 32.1 Å². The maximum Gasteiger partial charge on any atom is 0.257 e. The number of ether oxygens (including phenoxy) is 2. The van der Waals surface area contributed by atoms with Crippen LogP contribution in [0.25, 0.3) is 0 Å². The normalized spacial score (nSPS) is 19.9. The van der Waals surface area contributed by atoms with E-state index in [-0.39, 0.29) is 5.91 Å². The minimum absolute atomic E-state index is 0.0407. The van der Waals surface area contributed by atoms with E-state index in [4.69, 9.17) is 9.47 Å². The van der Waals surface area contributed by atoms with Crippen LogP contribution in [0.1, 0.15) is 39.9 Å². The fraction of sp³-hybridized carbons (Fsp3) is 0.500. The van der Waals surface area contributed by atoms with Crippen LogP contribution in [0.15, 0.2) is 42.5 Å². The molecule has 0 aromatic heterocycles. The van der Waals surface area contributed by atoms with E-state index in [1.807, 2.05) is 29.2 Å². The van der Waals surface area contributed by atoms with Gasteiger partial charge in [0.15, 0.2) is 0 Å². The molecule has 2 aliphatic heterocycles. The van der Waals surface area contributed by atoms with Crippen LogP contribution in [0.2, 0.25) is 0 Å². The lowest BCUT2D eigenvalue weighted by molar-refractivity contribution is 0.0299. The van der Waals surface area contributed by atoms with Crippen LogP contribution in [0, 0.1) is 19.8 Å². The highest BCUT2D eigenvalue weighted by Gasteiger charge is 2.24. The van der Waals surface area contributed by atoms with E-state index in [1.165, 1.54) is 29.5 Å². The van der Waals surface area contributed by atoms with E-state index in [0.717, 1.165) is 19.6 Å². The Hall–Kier alpha value is -2.37. The van der Waals surface area contributed by atoms with Crippen LogP contribution < -0.4 is 4.74 Å². The molecule has 5 nitrogen and oxygen atoms in total. The average Bonchev–Trinajstić information content (AvgIpc) is 2.81. The van der Waals surface area contributed by atoms with Crippen molar-refractivity contribution in [2.24, 2.45) is 5.92 Å². The molecule has 1 unspecified atom stereocenters. The third kappa shape index (κ3) is 5.66. The Morgan fingerprint density at radius 1 is 1.06 bits per heavy atom. The molecule has 2 aliphatic rings. The fourth-order valence-corrected chi connectivity index (χ4v) is 4.50. The maximum absolute atomic E-state index is 13.0. The van der Waals surface area contributed by atoms with Crippen molar-refractivity contribution in [3.05, 3.63) is 64.7 Å². The van der Waals surface area contributed by atoms with E-state index in [2.05, 4.69) is 36.9 Å². The first-order valence-corrected chi connectivity index (χ1v) is 11.5. The highest BCUT2D eigenvalue weighted by Crippen LogP contribution is 2.24. The smallest absolute Gasteiger partial charge is 0.257 e. The molecular weight excluding hydrogens is 388 g/mol. The van der Waals surface area contributed by atoms with E-state index < -0.39 is 0 Å². The number of nitrogens with zero attached hydrogens (tertiary/aromatic N) is 2. The molecule has 0 saturated carbocycles. The summed E-state index contributed by atoms with van der Waals surface area (Å²) >= 11 is 0. The molecule has 2 aromatic rings. The van der Waals surface area contributed by atoms with Crippen molar-refractivity contribution < 1.29 is 14.3 Å². The lowest BCUT2D eigenvalue weighted by atomic mass is 9.98. The first-order valence-electron chi connectivity index (χ1n) is 11.5. The number of morpholine rings is 1. The zero-order valence-electron chi connectivity index (χ0n) is 18.8. The minimum Gasteiger partial charge on any atom is -0.492 e. The predicted molar refractivity (Wildman–Crippen MR) is 123 cm³/mol. The molecule has 0 aliphatic carbocycles. The zero-order valence-corrected chi connectivity index (χ0v) is 18.8. The Balaban J connectivity index is 1.34. The number of benzene rings is 2. The summed E-state index contributed by atoms with van der Waals surface area (Å²) in [6.45, 7) is 10.6. The predicted octanol–water partition coefficient (Wildman–Crippen LogP) is 4.07. The molecule has 2 fully saturated rings. The van der Waals surface area contributed by atoms with E-state index in [9.17, 15) is 4.79 Å². The average molecular weight is 423 g/mol. The number of aryl methyl sites for hydroxylation is 2. The lowest BCUT2D eigenvalue weighted by Gasteiger charge is -2.33. The summed E-state index contributed by atoms with van der Waals surface area (Å²) in [5.74, 6) is 1.22. The number of likely N-dealkylation sites (tertiary alicyclic amines) is 1. The highest BCUT2D eigenvalue weighted by molar-refractivity contribution is 5.97. The first-order chi connectivity index (χ1) is 15.1. The minimum atomic E-state index is 0.0407. The molecule has 1 amide bonds. The van der Waals surface area contributed by atoms with Crippen molar-refractivity contribution in [3.63, 3.8) is 0 Å². The molecule has 166 valence electrons. The summed E-state index contributed by atoms with van der Waals surface area (Å²) in [5, 5.41) is 0. The number of hydrogen-bond donors (Lipinski definition) is 0. The number of amides is 1. The quantitative estimate of drug-likeness (QED) is 0.704. The monoisotopic (exact) mass is 422 g/mol. The van der Waals surface area contributed by atoms with E-state index >= 15 is 0 Å². The maximum atomic E-state index is 13.0. The van der Waals surface area contributed by atoms with Gasteiger partial charge in [0.1, 0.15) is 5.75 Å². The number of piperidine rings is 1. The van der Waals surface area contributed by atoms with Crippen molar-refractivity contribution in [1.29, 1.82) is 0 Å². The van der Waals surface area contributed by atoms with Crippen LogP contribution in [-0.4, -0.2) is 61.7 Å². The molecular formula is C26H34N2O3. The van der Waals surface area contributed by atoms with Crippen LogP contribution in [-0.2, 0) is 11.3 Å². The lowest BCUT2D eigenvalue weighted by Crippen LogP contribution is -2.41. The van der Waals surface area contributed by atoms with Crippen LogP contribution in [0.5, 0.6) is 5.75 Å². The third-order valence-electron chi connectivity index (χ3n) is 6.47. The van der Waals surface area contributed by atoms with Crippen molar-refractivity contribution in [1.82, 2.24) is 9.80 Å². The summed E-state index contributed by atoms with van der Waals surface area (Å²) in [4.78, 5) is 17.4. The van der Waals surface area contributed by atoms with Gasteiger partial charge in [-0.1, -0.05) is 30.3 Å². The van der Waals surface area contributed by atoms with Gasteiger partial charge < -0.3 is 14.4 Å². The van der Waals surface area contributed by atoms with Gasteiger partial charge >= 0.3 is 0 Å². The SMILES string of the molecule is Cc1ccc(CN2CCCC(COc3ccccc3C(=O)N3CCOCC3)C2)cc1C. The molecule has 2 heterocycles. The highest BCUT2D eigenvalue weighted by atomic mass is 16.5. The second kappa shape index (κ2) is 10.3. The Morgan fingerprint density at radius 3 is 2.68 bits per heavy atom. The Kier molecular flexibility index (Phi) is 7.25. The zero-order chi connectivity index (χ0) is 21.6. The van der Waals surface area contributed by atoms with Gasteiger partial charge in [-0.2, -0.15) is 0 Å². The number of rotatable bonds is 6. The molecule has 0 N–H and O–H groups in total. The van der Waals surface area contributed by atoms with Crippen LogP contribution >= 0.6 is 0 Å². The van der Waals surface area contributed by atoms with Crippen LogP contribution in [0.3, 0.4) is 0 Å². The van der Waals surface area contributed by atoms with Crippen molar-refractivity contribution in [3.8, 4) is 5.75 Å². The van der Waals surface area contributed by atoms with Crippen molar-refractivity contribution in [2.45, 2.75) is 33.2 Å². The van der Waals surface area contributed by atoms with Gasteiger partial charge in [-0.3, -0.25) is 9.69 Å². The topological polar surface area (TPSA) is 42.0 Å².